The fourth-order valence-electron chi connectivity index (χ4n) is 8.21. The molecule has 0 bridgehead atoms. The Kier molecular flexibility index (Phi) is 10.7. The molecule has 1 spiro atoms. The van der Waals surface area contributed by atoms with Gasteiger partial charge < -0.3 is 14.6 Å². The summed E-state index contributed by atoms with van der Waals surface area (Å²) in [4.78, 5) is 52.7. The van der Waals surface area contributed by atoms with E-state index >= 15 is 8.78 Å². The summed E-state index contributed by atoms with van der Waals surface area (Å²) < 4.78 is 81.9. The number of urea groups is 1. The van der Waals surface area contributed by atoms with E-state index in [1.54, 1.807) is 26.2 Å². The van der Waals surface area contributed by atoms with Gasteiger partial charge in [0.25, 0.3) is 5.91 Å². The topological polar surface area (TPSA) is 184 Å². The van der Waals surface area contributed by atoms with Crippen LogP contribution in [0.3, 0.4) is 0 Å². The van der Waals surface area contributed by atoms with E-state index in [1.165, 1.54) is 29.3 Å². The van der Waals surface area contributed by atoms with Crippen molar-refractivity contribution in [3.05, 3.63) is 94.5 Å². The molecule has 2 aromatic carbocycles. The first-order chi connectivity index (χ1) is 28.9. The quantitative estimate of drug-likeness (QED) is 0.120. The normalized spacial score (nSPS) is 17.6. The second-order valence-electron chi connectivity index (χ2n) is 16.4. The molecule has 1 aliphatic carbocycles. The number of aromatic amines is 1. The summed E-state index contributed by atoms with van der Waals surface area (Å²) in [5.74, 6) is -2.46. The number of nitrogens with zero attached hydrogens (tertiary/aromatic N) is 7. The van der Waals surface area contributed by atoms with Crippen molar-refractivity contribution in [1.82, 2.24) is 45.8 Å². The summed E-state index contributed by atoms with van der Waals surface area (Å²) >= 11 is 0. The number of imide groups is 1. The van der Waals surface area contributed by atoms with E-state index in [9.17, 15) is 27.6 Å². The molecule has 3 fully saturated rings. The van der Waals surface area contributed by atoms with Crippen LogP contribution in [-0.4, -0.2) is 92.6 Å². The van der Waals surface area contributed by atoms with Crippen LogP contribution in [0.15, 0.2) is 53.2 Å². The van der Waals surface area contributed by atoms with E-state index in [0.717, 1.165) is 50.9 Å². The highest BCUT2D eigenvalue weighted by Gasteiger charge is 2.54. The minimum atomic E-state index is -4.58. The Bertz CT molecular complexity index is 2510. The molecule has 8 rings (SSSR count). The van der Waals surface area contributed by atoms with E-state index in [4.69, 9.17) is 9.26 Å². The number of carbonyl (C=O) groups is 3. The molecule has 20 heteroatoms. The number of methoxy groups -OCH3 is 1. The molecule has 0 radical (unpaired) electrons. The highest BCUT2D eigenvalue weighted by atomic mass is 19.4. The van der Waals surface area contributed by atoms with E-state index in [0.29, 0.717) is 17.9 Å². The number of nitrogens with one attached hydrogen (secondary N) is 3. The number of amides is 4. The zero-order chi connectivity index (χ0) is 43.4. The third-order valence-corrected chi connectivity index (χ3v) is 11.8. The number of benzene rings is 2. The Hall–Kier alpha value is -6.15. The third-order valence-electron chi connectivity index (χ3n) is 11.8. The number of ether oxygens (including phenoxy) is 1. The van der Waals surface area contributed by atoms with Gasteiger partial charge in [-0.2, -0.15) is 18.3 Å². The molecular weight excluding hydrogens is 808 g/mol. The molecule has 1 atom stereocenters. The second kappa shape index (κ2) is 15.7. The predicted molar refractivity (Wildman–Crippen MR) is 207 cm³/mol. The number of hydrogen-bond acceptors (Lipinski definition) is 11. The van der Waals surface area contributed by atoms with Crippen LogP contribution >= 0.6 is 0 Å². The number of hydrogen-bond donors (Lipinski definition) is 3. The van der Waals surface area contributed by atoms with Crippen LogP contribution in [0.4, 0.5) is 32.4 Å². The van der Waals surface area contributed by atoms with Gasteiger partial charge in [0.2, 0.25) is 11.7 Å². The summed E-state index contributed by atoms with van der Waals surface area (Å²) in [5.41, 5.74) is 0.811. The molecule has 1 saturated carbocycles. The Morgan fingerprint density at radius 2 is 1.82 bits per heavy atom. The Morgan fingerprint density at radius 3 is 2.49 bits per heavy atom. The van der Waals surface area contributed by atoms with Gasteiger partial charge in [-0.05, 0) is 74.3 Å². The van der Waals surface area contributed by atoms with Crippen molar-refractivity contribution in [2.45, 2.75) is 70.1 Å². The zero-order valence-corrected chi connectivity index (χ0v) is 33.5. The van der Waals surface area contributed by atoms with Gasteiger partial charge in [-0.15, -0.1) is 0 Å². The molecular formula is C41H41F5N10O5. The number of halogens is 5. The third kappa shape index (κ3) is 7.96. The molecule has 61 heavy (non-hydrogen) atoms. The van der Waals surface area contributed by atoms with Gasteiger partial charge in [0.1, 0.15) is 22.9 Å². The summed E-state index contributed by atoms with van der Waals surface area (Å²) in [6.07, 6.45) is -1.28. The van der Waals surface area contributed by atoms with Crippen molar-refractivity contribution in [1.29, 1.82) is 0 Å². The van der Waals surface area contributed by atoms with Crippen molar-refractivity contribution < 1.29 is 45.6 Å². The van der Waals surface area contributed by atoms with E-state index in [2.05, 4.69) is 45.8 Å². The number of rotatable bonds is 12. The maximum Gasteiger partial charge on any atom is 0.401 e. The average Bonchev–Trinajstić information content (AvgIpc) is 3.87. The smallest absolute Gasteiger partial charge is 0.383 e. The molecule has 3 aromatic heterocycles. The first-order valence-electron chi connectivity index (χ1n) is 19.5. The van der Waals surface area contributed by atoms with Crippen molar-refractivity contribution in [2.75, 3.05) is 38.3 Å². The van der Waals surface area contributed by atoms with Crippen LogP contribution in [0.25, 0.3) is 22.6 Å². The molecule has 2 aliphatic heterocycles. The second-order valence-corrected chi connectivity index (χ2v) is 16.4. The number of alkyl halides is 3. The molecule has 5 heterocycles. The van der Waals surface area contributed by atoms with Gasteiger partial charge >= 0.3 is 12.2 Å². The monoisotopic (exact) mass is 848 g/mol. The van der Waals surface area contributed by atoms with Crippen LogP contribution < -0.4 is 15.5 Å². The maximum absolute atomic E-state index is 15.9. The predicted octanol–water partition coefficient (Wildman–Crippen LogP) is 6.29. The first kappa shape index (κ1) is 41.6. The van der Waals surface area contributed by atoms with Crippen LogP contribution in [0.1, 0.15) is 84.1 Å². The fraction of sp³-hybridized carbons (Fsp3) is 0.415. The molecule has 3 aliphatic rings. The molecule has 4 amide bonds. The summed E-state index contributed by atoms with van der Waals surface area (Å²) in [6, 6.07) is 10.4. The fourth-order valence-corrected chi connectivity index (χ4v) is 8.21. The molecule has 2 saturated heterocycles. The minimum Gasteiger partial charge on any atom is -0.383 e. The summed E-state index contributed by atoms with van der Waals surface area (Å²) in [7, 11) is 1.60. The maximum atomic E-state index is 15.9. The van der Waals surface area contributed by atoms with Gasteiger partial charge in [-0.1, -0.05) is 23.4 Å². The van der Waals surface area contributed by atoms with Gasteiger partial charge in [-0.25, -0.2) is 28.5 Å². The molecule has 1 unspecified atom stereocenters. The lowest BCUT2D eigenvalue weighted by Crippen LogP contribution is -2.62. The highest BCUT2D eigenvalue weighted by molar-refractivity contribution is 6.05. The number of anilines is 1. The lowest BCUT2D eigenvalue weighted by molar-refractivity contribution is -0.182. The van der Waals surface area contributed by atoms with Crippen molar-refractivity contribution in [3.8, 4) is 22.6 Å². The number of likely N-dealkylation sites (tertiary alicyclic amines) is 1. The van der Waals surface area contributed by atoms with Gasteiger partial charge in [0, 0.05) is 62.2 Å². The van der Waals surface area contributed by atoms with Gasteiger partial charge in [-0.3, -0.25) is 29.8 Å². The van der Waals surface area contributed by atoms with Gasteiger partial charge in [0.05, 0.1) is 24.9 Å². The van der Waals surface area contributed by atoms with Crippen LogP contribution in [-0.2, 0) is 21.5 Å². The van der Waals surface area contributed by atoms with E-state index in [-0.39, 0.29) is 77.1 Å². The van der Waals surface area contributed by atoms with Crippen LogP contribution in [0.5, 0.6) is 0 Å². The highest BCUT2D eigenvalue weighted by Crippen LogP contribution is 2.57. The molecule has 5 aromatic rings. The van der Waals surface area contributed by atoms with Crippen molar-refractivity contribution >= 4 is 23.5 Å². The largest absolute Gasteiger partial charge is 0.401 e. The number of aryl methyl sites for hydroxylation is 1. The molecule has 320 valence electrons. The Morgan fingerprint density at radius 1 is 1.05 bits per heavy atom. The van der Waals surface area contributed by atoms with Crippen LogP contribution in [0.2, 0.25) is 0 Å². The number of carbonyl (C=O) groups excluding carboxylic acids is 3. The molecule has 15 nitrogen and oxygen atoms in total. The van der Waals surface area contributed by atoms with Crippen LogP contribution in [0, 0.1) is 24.0 Å². The Balaban J connectivity index is 0.873. The zero-order valence-electron chi connectivity index (χ0n) is 33.5. The SMILES string of the molecule is COCC(c1ccc(-c2cnc(-c3cc(C(=O)NCc4nc(C(C)(C)C(F)(F)F)n[nH]4)on3)nc2C)c(F)c1)N1CC2(CC(c3ccc(N4CCC(=O)NC4=O)c(F)c3)C2)C1. The summed E-state index contributed by atoms with van der Waals surface area (Å²) in [5, 5.41) is 14.6. The first-order valence-corrected chi connectivity index (χ1v) is 19.5. The van der Waals surface area contributed by atoms with Gasteiger partial charge in [0.15, 0.2) is 17.3 Å². The average molecular weight is 849 g/mol. The van der Waals surface area contributed by atoms with Crippen molar-refractivity contribution in [2.24, 2.45) is 5.41 Å². The van der Waals surface area contributed by atoms with E-state index < -0.39 is 41.0 Å². The van der Waals surface area contributed by atoms with Crippen molar-refractivity contribution in [3.63, 3.8) is 0 Å². The number of aromatic nitrogens is 6. The summed E-state index contributed by atoms with van der Waals surface area (Å²) in [6.45, 7) is 5.35. The molecule has 3 N–H and O–H groups in total. The number of H-pyrrole nitrogens is 1. The lowest BCUT2D eigenvalue weighted by Gasteiger charge is -2.61. The minimum absolute atomic E-state index is 0.00886. The van der Waals surface area contributed by atoms with E-state index in [1.807, 2.05) is 12.1 Å². The lowest BCUT2D eigenvalue weighted by atomic mass is 9.56. The Labute approximate surface area is 345 Å². The standard InChI is InChI=1S/C41H41F5N10O5/c1-21-26(16-47-35(49-21)29-13-32(61-54-29)36(58)48-17-33-50-37(53-52-33)39(2,3)41(44,45)46)25-7-5-23(12-27(25)42)31(18-60-4)55-19-40(20-55)14-24(15-40)22-6-8-30(28(43)11-22)56-10-9-34(57)51-38(56)59/h5-8,11-13,16,24,31H,9-10,14-15,17-20H2,1-4H3,(H,48,58)(H,50,52,53)(H,51,57,59).